The summed E-state index contributed by atoms with van der Waals surface area (Å²) in [6.07, 6.45) is 8.36. The second-order valence-corrected chi connectivity index (χ2v) is 9.24. The topological polar surface area (TPSA) is 44.8 Å². The van der Waals surface area contributed by atoms with E-state index >= 15 is 0 Å². The molecule has 0 bridgehead atoms. The zero-order valence-electron chi connectivity index (χ0n) is 17.8. The zero-order valence-corrected chi connectivity index (χ0v) is 17.8. The third-order valence-corrected chi connectivity index (χ3v) is 7.35. The lowest BCUT2D eigenvalue weighted by atomic mass is 9.64. The van der Waals surface area contributed by atoms with Gasteiger partial charge in [-0.25, -0.2) is 0 Å². The Balaban J connectivity index is 2.09. The Hall–Kier alpha value is -0.970. The van der Waals surface area contributed by atoms with Crippen LogP contribution in [0.1, 0.15) is 53.4 Å². The van der Waals surface area contributed by atoms with Gasteiger partial charge in [0.05, 0.1) is 17.9 Å². The van der Waals surface area contributed by atoms with E-state index in [0.717, 1.165) is 25.7 Å². The van der Waals surface area contributed by atoms with E-state index < -0.39 is 11.0 Å². The van der Waals surface area contributed by atoms with Crippen LogP contribution in [0.25, 0.3) is 0 Å². The standard InChI is InChI=1S/C23H36O4/c1-15(2)17-9-11-22(4)19(17)8-7-16(3)18-10-12-23(13-25-5,27-14-26-6)20(18)21(22)24/h7-8,15-16,18,20H,9-14H2,1-6H3/b8-7-/t16-,18-,20+,22-,23-/m0/s1. The predicted octanol–water partition coefficient (Wildman–Crippen LogP) is 4.55. The molecule has 0 radical (unpaired) electrons. The van der Waals surface area contributed by atoms with E-state index in [-0.39, 0.29) is 12.7 Å². The van der Waals surface area contributed by atoms with E-state index in [1.807, 2.05) is 0 Å². The van der Waals surface area contributed by atoms with Crippen molar-refractivity contribution in [3.63, 3.8) is 0 Å². The van der Waals surface area contributed by atoms with Crippen molar-refractivity contribution in [1.82, 2.24) is 0 Å². The van der Waals surface area contributed by atoms with Gasteiger partial charge in [0.1, 0.15) is 18.2 Å². The number of ether oxygens (including phenoxy) is 3. The molecular formula is C23H36O4. The molecule has 27 heavy (non-hydrogen) atoms. The van der Waals surface area contributed by atoms with E-state index in [1.165, 1.54) is 11.1 Å². The molecule has 1 fully saturated rings. The van der Waals surface area contributed by atoms with Crippen LogP contribution in [-0.4, -0.2) is 39.0 Å². The summed E-state index contributed by atoms with van der Waals surface area (Å²) in [5.74, 6) is 1.30. The van der Waals surface area contributed by atoms with Crippen molar-refractivity contribution in [2.45, 2.75) is 59.0 Å². The summed E-state index contributed by atoms with van der Waals surface area (Å²) in [6, 6.07) is 0. The molecule has 0 saturated heterocycles. The molecule has 0 aliphatic heterocycles. The SMILES string of the molecule is COCO[C@]1(COC)CC[C@H]2[C@@H](C)/C=C\C3=C(C(C)C)CC[C@]3(C)C(=O)[C@@H]21. The van der Waals surface area contributed by atoms with Crippen LogP contribution in [0, 0.1) is 29.1 Å². The number of hydrogen-bond acceptors (Lipinski definition) is 4. The molecule has 0 aromatic carbocycles. The van der Waals surface area contributed by atoms with Crippen LogP contribution < -0.4 is 0 Å². The van der Waals surface area contributed by atoms with E-state index in [2.05, 4.69) is 39.8 Å². The quantitative estimate of drug-likeness (QED) is 0.638. The number of ketones is 1. The lowest BCUT2D eigenvalue weighted by Gasteiger charge is -2.42. The maximum atomic E-state index is 14.1. The van der Waals surface area contributed by atoms with E-state index in [9.17, 15) is 4.79 Å². The van der Waals surface area contributed by atoms with Gasteiger partial charge in [-0.05, 0) is 55.9 Å². The molecule has 4 heteroatoms. The first-order valence-electron chi connectivity index (χ1n) is 10.4. The molecule has 152 valence electrons. The van der Waals surface area contributed by atoms with Crippen LogP contribution in [0.3, 0.4) is 0 Å². The van der Waals surface area contributed by atoms with Crippen LogP contribution >= 0.6 is 0 Å². The first-order valence-corrected chi connectivity index (χ1v) is 10.4. The smallest absolute Gasteiger partial charge is 0.149 e. The number of Topliss-reactive ketones (excluding diaryl/α,β-unsaturated/α-hetero) is 1. The van der Waals surface area contributed by atoms with Crippen LogP contribution in [0.2, 0.25) is 0 Å². The maximum absolute atomic E-state index is 14.1. The van der Waals surface area contributed by atoms with Crippen molar-refractivity contribution in [3.05, 3.63) is 23.3 Å². The number of allylic oxidation sites excluding steroid dienone is 4. The fraction of sp³-hybridized carbons (Fsp3) is 0.783. The highest BCUT2D eigenvalue weighted by molar-refractivity contribution is 5.93. The van der Waals surface area contributed by atoms with Crippen LogP contribution in [0.4, 0.5) is 0 Å². The zero-order chi connectivity index (χ0) is 19.8. The normalized spacial score (nSPS) is 40.1. The Morgan fingerprint density at radius 2 is 1.96 bits per heavy atom. The highest BCUT2D eigenvalue weighted by atomic mass is 16.7. The van der Waals surface area contributed by atoms with Gasteiger partial charge in [0.25, 0.3) is 0 Å². The number of carbonyl (C=O) groups excluding carboxylic acids is 1. The fourth-order valence-corrected chi connectivity index (χ4v) is 5.80. The highest BCUT2D eigenvalue weighted by Gasteiger charge is 2.59. The average molecular weight is 377 g/mol. The van der Waals surface area contributed by atoms with Crippen molar-refractivity contribution < 1.29 is 19.0 Å². The van der Waals surface area contributed by atoms with Crippen LogP contribution in [-0.2, 0) is 19.0 Å². The fourth-order valence-electron chi connectivity index (χ4n) is 5.80. The van der Waals surface area contributed by atoms with Gasteiger partial charge in [-0.3, -0.25) is 4.79 Å². The van der Waals surface area contributed by atoms with Gasteiger partial charge < -0.3 is 14.2 Å². The third kappa shape index (κ3) is 3.34. The summed E-state index contributed by atoms with van der Waals surface area (Å²) in [5.41, 5.74) is 1.71. The Morgan fingerprint density at radius 3 is 2.59 bits per heavy atom. The lowest BCUT2D eigenvalue weighted by Crippen LogP contribution is -2.52. The van der Waals surface area contributed by atoms with Gasteiger partial charge in [0, 0.05) is 14.2 Å². The molecule has 3 aliphatic carbocycles. The van der Waals surface area contributed by atoms with Gasteiger partial charge >= 0.3 is 0 Å². The van der Waals surface area contributed by atoms with Crippen molar-refractivity contribution in [2.24, 2.45) is 29.1 Å². The molecule has 0 N–H and O–H groups in total. The summed E-state index contributed by atoms with van der Waals surface area (Å²) in [7, 11) is 3.33. The number of rotatable bonds is 6. The minimum Gasteiger partial charge on any atom is -0.382 e. The molecule has 5 atom stereocenters. The molecule has 3 aliphatic rings. The van der Waals surface area contributed by atoms with Crippen molar-refractivity contribution in [2.75, 3.05) is 27.6 Å². The number of fused-ring (bicyclic) bond motifs is 2. The van der Waals surface area contributed by atoms with Gasteiger partial charge in [-0.2, -0.15) is 0 Å². The summed E-state index contributed by atoms with van der Waals surface area (Å²) in [4.78, 5) is 14.1. The largest absolute Gasteiger partial charge is 0.382 e. The molecule has 0 heterocycles. The Kier molecular flexibility index (Phi) is 6.00. The average Bonchev–Trinajstić information content (AvgIpc) is 3.16. The summed E-state index contributed by atoms with van der Waals surface area (Å²) in [5, 5.41) is 0. The third-order valence-electron chi connectivity index (χ3n) is 7.35. The molecular weight excluding hydrogens is 340 g/mol. The van der Waals surface area contributed by atoms with Gasteiger partial charge in [0.2, 0.25) is 0 Å². The first kappa shape index (κ1) is 20.8. The Bertz CT molecular complexity index is 634. The number of methoxy groups -OCH3 is 2. The number of carbonyl (C=O) groups is 1. The van der Waals surface area contributed by atoms with Gasteiger partial charge in [-0.15, -0.1) is 0 Å². The molecule has 3 rings (SSSR count). The summed E-state index contributed by atoms with van der Waals surface area (Å²) >= 11 is 0. The maximum Gasteiger partial charge on any atom is 0.149 e. The van der Waals surface area contributed by atoms with Crippen molar-refractivity contribution in [3.8, 4) is 0 Å². The predicted molar refractivity (Wildman–Crippen MR) is 106 cm³/mol. The van der Waals surface area contributed by atoms with E-state index in [0.29, 0.717) is 30.1 Å². The first-order chi connectivity index (χ1) is 12.8. The lowest BCUT2D eigenvalue weighted by molar-refractivity contribution is -0.182. The Labute approximate surface area is 164 Å². The van der Waals surface area contributed by atoms with E-state index in [4.69, 9.17) is 14.2 Å². The second-order valence-electron chi connectivity index (χ2n) is 9.24. The molecule has 0 spiro atoms. The second kappa shape index (κ2) is 7.81. The van der Waals surface area contributed by atoms with Crippen molar-refractivity contribution >= 4 is 5.78 Å². The molecule has 0 aromatic heterocycles. The monoisotopic (exact) mass is 376 g/mol. The van der Waals surface area contributed by atoms with E-state index in [1.54, 1.807) is 14.2 Å². The molecule has 1 saturated carbocycles. The molecule has 4 nitrogen and oxygen atoms in total. The van der Waals surface area contributed by atoms with Gasteiger partial charge in [-0.1, -0.05) is 38.5 Å². The number of hydrogen-bond donors (Lipinski definition) is 0. The minimum absolute atomic E-state index is 0.154. The molecule has 0 aromatic rings. The van der Waals surface area contributed by atoms with Crippen LogP contribution in [0.5, 0.6) is 0 Å². The minimum atomic E-state index is -0.583. The molecule has 0 amide bonds. The highest BCUT2D eigenvalue weighted by Crippen LogP contribution is 2.56. The summed E-state index contributed by atoms with van der Waals surface area (Å²) in [6.45, 7) is 9.51. The Morgan fingerprint density at radius 1 is 1.22 bits per heavy atom. The summed E-state index contributed by atoms with van der Waals surface area (Å²) < 4.78 is 17.0. The van der Waals surface area contributed by atoms with Gasteiger partial charge in [0.15, 0.2) is 0 Å². The van der Waals surface area contributed by atoms with Crippen molar-refractivity contribution in [1.29, 1.82) is 0 Å². The molecule has 0 unspecified atom stereocenters. The van der Waals surface area contributed by atoms with Crippen LogP contribution in [0.15, 0.2) is 23.3 Å².